The Balaban J connectivity index is 1.41. The van der Waals surface area contributed by atoms with Gasteiger partial charge in [0.2, 0.25) is 5.91 Å². The van der Waals surface area contributed by atoms with Crippen molar-refractivity contribution in [3.8, 4) is 0 Å². The van der Waals surface area contributed by atoms with Crippen LogP contribution in [-0.2, 0) is 4.79 Å². The summed E-state index contributed by atoms with van der Waals surface area (Å²) in [5.74, 6) is 2.17. The number of carbonyl (C=O) groups is 1. The molecule has 0 aromatic heterocycles. The molecule has 4 atom stereocenters. The molecule has 0 aromatic rings. The fourth-order valence-electron chi connectivity index (χ4n) is 6.38. The number of piperidine rings is 1. The molecule has 2 aliphatic carbocycles. The normalized spacial score (nSPS) is 30.6. The van der Waals surface area contributed by atoms with Gasteiger partial charge < -0.3 is 4.90 Å². The topological polar surface area (TPSA) is 20.3 Å². The molecule has 1 aliphatic heterocycles. The minimum Gasteiger partial charge on any atom is -0.336 e. The highest BCUT2D eigenvalue weighted by Gasteiger charge is 2.45. The average Bonchev–Trinajstić information content (AvgIpc) is 2.70. The van der Waals surface area contributed by atoms with Gasteiger partial charge in [-0.1, -0.05) is 84.0 Å². The Hall–Kier alpha value is -0.530. The van der Waals surface area contributed by atoms with Crippen LogP contribution in [0.25, 0.3) is 0 Å². The largest absolute Gasteiger partial charge is 0.336 e. The average molecular weight is 376 g/mol. The van der Waals surface area contributed by atoms with E-state index in [0.29, 0.717) is 18.0 Å². The smallest absolute Gasteiger partial charge is 0.223 e. The van der Waals surface area contributed by atoms with E-state index in [1.165, 1.54) is 109 Å². The molecule has 1 heterocycles. The monoisotopic (exact) mass is 375 g/mol. The maximum atomic E-state index is 13.2. The van der Waals surface area contributed by atoms with Crippen LogP contribution in [0.2, 0.25) is 0 Å². The van der Waals surface area contributed by atoms with E-state index in [9.17, 15) is 4.79 Å². The number of unbranched alkanes of at least 4 members (excludes halogenated alkanes) is 8. The molecule has 0 N–H and O–H groups in total. The lowest BCUT2D eigenvalue weighted by Crippen LogP contribution is -2.58. The first-order valence-electron chi connectivity index (χ1n) is 12.6. The van der Waals surface area contributed by atoms with Gasteiger partial charge in [0.25, 0.3) is 0 Å². The van der Waals surface area contributed by atoms with Crippen molar-refractivity contribution in [2.45, 2.75) is 141 Å². The zero-order chi connectivity index (χ0) is 18.9. The van der Waals surface area contributed by atoms with Crippen molar-refractivity contribution >= 4 is 5.91 Å². The Labute approximate surface area is 168 Å². The number of amides is 1. The number of hydrogen-bond acceptors (Lipinski definition) is 1. The second kappa shape index (κ2) is 11.5. The van der Waals surface area contributed by atoms with Crippen LogP contribution in [-0.4, -0.2) is 22.9 Å². The van der Waals surface area contributed by atoms with Crippen LogP contribution in [0.3, 0.4) is 0 Å². The summed E-state index contributed by atoms with van der Waals surface area (Å²) in [7, 11) is 0. The number of hydrogen-bond donors (Lipinski definition) is 0. The van der Waals surface area contributed by atoms with Gasteiger partial charge in [0.1, 0.15) is 0 Å². The molecule has 2 heteroatoms. The fourth-order valence-corrected chi connectivity index (χ4v) is 6.38. The summed E-state index contributed by atoms with van der Waals surface area (Å²) in [6.07, 6.45) is 25.1. The molecule has 3 fully saturated rings. The lowest BCUT2D eigenvalue weighted by atomic mass is 9.68. The zero-order valence-electron chi connectivity index (χ0n) is 18.1. The van der Waals surface area contributed by atoms with E-state index in [0.717, 1.165) is 24.7 Å². The Morgan fingerprint density at radius 3 is 1.74 bits per heavy atom. The quantitative estimate of drug-likeness (QED) is 0.368. The summed E-state index contributed by atoms with van der Waals surface area (Å²) >= 11 is 0. The molecule has 0 radical (unpaired) electrons. The van der Waals surface area contributed by atoms with Gasteiger partial charge in [-0.15, -0.1) is 0 Å². The van der Waals surface area contributed by atoms with Gasteiger partial charge in [0.15, 0.2) is 0 Å². The molecule has 1 saturated heterocycles. The predicted octanol–water partition coefficient (Wildman–Crippen LogP) is 7.26. The molecule has 0 spiro atoms. The third-order valence-corrected chi connectivity index (χ3v) is 7.84. The molecule has 1 amide bonds. The molecule has 2 saturated carbocycles. The van der Waals surface area contributed by atoms with Crippen LogP contribution in [0.1, 0.15) is 129 Å². The summed E-state index contributed by atoms with van der Waals surface area (Å²) in [4.78, 5) is 15.7. The molecular weight excluding hydrogens is 330 g/mol. The van der Waals surface area contributed by atoms with Gasteiger partial charge in [-0.25, -0.2) is 0 Å². The van der Waals surface area contributed by atoms with Gasteiger partial charge in [-0.05, 0) is 50.4 Å². The predicted molar refractivity (Wildman–Crippen MR) is 115 cm³/mol. The van der Waals surface area contributed by atoms with Crippen molar-refractivity contribution in [3.63, 3.8) is 0 Å². The van der Waals surface area contributed by atoms with Crippen LogP contribution in [0, 0.1) is 11.8 Å². The molecule has 2 nitrogen and oxygen atoms in total. The van der Waals surface area contributed by atoms with Crippen molar-refractivity contribution in [3.05, 3.63) is 0 Å². The number of carbonyl (C=O) groups excluding carboxylic acids is 1. The van der Waals surface area contributed by atoms with Crippen LogP contribution >= 0.6 is 0 Å². The van der Waals surface area contributed by atoms with E-state index in [4.69, 9.17) is 0 Å². The van der Waals surface area contributed by atoms with E-state index in [2.05, 4.69) is 11.8 Å². The molecule has 3 rings (SSSR count). The van der Waals surface area contributed by atoms with Gasteiger partial charge in [-0.3, -0.25) is 4.79 Å². The van der Waals surface area contributed by atoms with Crippen LogP contribution in [0.5, 0.6) is 0 Å². The van der Waals surface area contributed by atoms with Crippen molar-refractivity contribution in [2.75, 3.05) is 0 Å². The maximum Gasteiger partial charge on any atom is 0.223 e. The lowest BCUT2D eigenvalue weighted by Gasteiger charge is -2.54. The van der Waals surface area contributed by atoms with E-state index in [1.54, 1.807) is 0 Å². The van der Waals surface area contributed by atoms with Crippen LogP contribution in [0.15, 0.2) is 0 Å². The summed E-state index contributed by atoms with van der Waals surface area (Å²) in [6.45, 7) is 2.28. The number of nitrogens with zero attached hydrogens (tertiary/aromatic N) is 1. The first-order chi connectivity index (χ1) is 13.3. The molecule has 156 valence electrons. The summed E-state index contributed by atoms with van der Waals surface area (Å²) in [5, 5.41) is 0. The van der Waals surface area contributed by atoms with Crippen molar-refractivity contribution in [1.29, 1.82) is 0 Å². The SMILES string of the molecule is CCCCCCCCCCCC(=O)N1C2CCCCC2CC2CCCCC21. The maximum absolute atomic E-state index is 13.2. The summed E-state index contributed by atoms with van der Waals surface area (Å²) in [5.41, 5.74) is 0. The van der Waals surface area contributed by atoms with E-state index < -0.39 is 0 Å². The van der Waals surface area contributed by atoms with Crippen LogP contribution < -0.4 is 0 Å². The fraction of sp³-hybridized carbons (Fsp3) is 0.960. The van der Waals surface area contributed by atoms with Gasteiger partial charge in [0.05, 0.1) is 0 Å². The van der Waals surface area contributed by atoms with Gasteiger partial charge in [-0.2, -0.15) is 0 Å². The second-order valence-electron chi connectivity index (χ2n) is 9.84. The third-order valence-electron chi connectivity index (χ3n) is 7.84. The molecule has 0 aromatic carbocycles. The molecule has 27 heavy (non-hydrogen) atoms. The highest BCUT2D eigenvalue weighted by atomic mass is 16.2. The van der Waals surface area contributed by atoms with Gasteiger partial charge >= 0.3 is 0 Å². The second-order valence-corrected chi connectivity index (χ2v) is 9.84. The van der Waals surface area contributed by atoms with E-state index >= 15 is 0 Å². The molecular formula is C25H45NO. The molecule has 4 unspecified atom stereocenters. The number of fused-ring (bicyclic) bond motifs is 2. The Morgan fingerprint density at radius 1 is 0.704 bits per heavy atom. The minimum absolute atomic E-state index is 0.520. The highest BCUT2D eigenvalue weighted by molar-refractivity contribution is 5.77. The van der Waals surface area contributed by atoms with Crippen molar-refractivity contribution < 1.29 is 4.79 Å². The Morgan fingerprint density at radius 2 is 1.19 bits per heavy atom. The number of rotatable bonds is 10. The van der Waals surface area contributed by atoms with E-state index in [-0.39, 0.29) is 0 Å². The number of likely N-dealkylation sites (tertiary alicyclic amines) is 1. The standard InChI is InChI=1S/C25H45NO/c1-2-3-4-5-6-7-8-9-10-19-25(27)26-23-17-13-11-15-21(23)20-22-16-12-14-18-24(22)26/h21-24H,2-20H2,1H3. The zero-order valence-corrected chi connectivity index (χ0v) is 18.1. The van der Waals surface area contributed by atoms with Crippen LogP contribution in [0.4, 0.5) is 0 Å². The van der Waals surface area contributed by atoms with E-state index in [1.807, 2.05) is 0 Å². The lowest BCUT2D eigenvalue weighted by molar-refractivity contribution is -0.147. The summed E-state index contributed by atoms with van der Waals surface area (Å²) in [6, 6.07) is 1.20. The van der Waals surface area contributed by atoms with Gasteiger partial charge in [0, 0.05) is 18.5 Å². The Bertz CT molecular complexity index is 412. The first-order valence-corrected chi connectivity index (χ1v) is 12.6. The Kier molecular flexibility index (Phi) is 9.00. The molecule has 3 aliphatic rings. The molecule has 0 bridgehead atoms. The first kappa shape index (κ1) is 21.2. The highest BCUT2D eigenvalue weighted by Crippen LogP contribution is 2.45. The third kappa shape index (κ3) is 5.97. The van der Waals surface area contributed by atoms with Crippen molar-refractivity contribution in [1.82, 2.24) is 4.90 Å². The summed E-state index contributed by atoms with van der Waals surface area (Å²) < 4.78 is 0. The van der Waals surface area contributed by atoms with Crippen molar-refractivity contribution in [2.24, 2.45) is 11.8 Å². The minimum atomic E-state index is 0.520.